The van der Waals surface area contributed by atoms with Crippen LogP contribution in [0.25, 0.3) is 0 Å². The van der Waals surface area contributed by atoms with E-state index >= 15 is 0 Å². The predicted octanol–water partition coefficient (Wildman–Crippen LogP) is 2.69. The van der Waals surface area contributed by atoms with Crippen LogP contribution >= 0.6 is 0 Å². The van der Waals surface area contributed by atoms with Gasteiger partial charge in [-0.2, -0.15) is 0 Å². The quantitative estimate of drug-likeness (QED) is 0.772. The Hall–Kier alpha value is -1.42. The molecule has 0 aliphatic carbocycles. The molecule has 1 rings (SSSR count). The Morgan fingerprint density at radius 1 is 1.32 bits per heavy atom. The van der Waals surface area contributed by atoms with E-state index in [1.165, 1.54) is 12.1 Å². The van der Waals surface area contributed by atoms with E-state index in [0.29, 0.717) is 19.4 Å². The summed E-state index contributed by atoms with van der Waals surface area (Å²) >= 11 is 0. The summed E-state index contributed by atoms with van der Waals surface area (Å²) in [7, 11) is 0. The van der Waals surface area contributed by atoms with Crippen molar-refractivity contribution >= 4 is 5.97 Å². The monoisotopic (exact) mass is 267 g/mol. The van der Waals surface area contributed by atoms with Gasteiger partial charge in [-0.05, 0) is 31.0 Å². The summed E-state index contributed by atoms with van der Waals surface area (Å²) in [6.07, 6.45) is 1.00. The fourth-order valence-corrected chi connectivity index (χ4v) is 1.99. The number of rotatable bonds is 7. The van der Waals surface area contributed by atoms with Crippen molar-refractivity contribution in [2.24, 2.45) is 0 Å². The molecule has 0 amide bonds. The number of halogens is 1. The Bertz CT molecular complexity index is 390. The third kappa shape index (κ3) is 6.34. The number of carbonyl (C=O) groups excluding carboxylic acids is 1. The molecule has 1 N–H and O–H groups in total. The molecule has 0 radical (unpaired) electrons. The van der Waals surface area contributed by atoms with Crippen LogP contribution in [0.4, 0.5) is 4.39 Å². The predicted molar refractivity (Wildman–Crippen MR) is 73.4 cm³/mol. The first-order chi connectivity index (χ1) is 9.01. The average molecular weight is 267 g/mol. The largest absolute Gasteiger partial charge is 0.466 e. The van der Waals surface area contributed by atoms with Gasteiger partial charge in [-0.15, -0.1) is 0 Å². The van der Waals surface area contributed by atoms with Crippen molar-refractivity contribution in [2.45, 2.75) is 45.7 Å². The lowest BCUT2D eigenvalue weighted by Crippen LogP contribution is -2.38. The molecule has 19 heavy (non-hydrogen) atoms. The van der Waals surface area contributed by atoms with E-state index in [0.717, 1.165) is 5.56 Å². The van der Waals surface area contributed by atoms with Crippen molar-refractivity contribution in [3.63, 3.8) is 0 Å². The van der Waals surface area contributed by atoms with Gasteiger partial charge in [0.25, 0.3) is 0 Å². The molecule has 0 fully saturated rings. The Labute approximate surface area is 114 Å². The molecule has 0 bridgehead atoms. The van der Waals surface area contributed by atoms with E-state index in [1.807, 2.05) is 13.8 Å². The Morgan fingerprint density at radius 2 is 1.95 bits per heavy atom. The van der Waals surface area contributed by atoms with E-state index in [9.17, 15) is 9.18 Å². The first-order valence-electron chi connectivity index (χ1n) is 6.67. The van der Waals surface area contributed by atoms with Crippen LogP contribution < -0.4 is 5.32 Å². The van der Waals surface area contributed by atoms with Crippen molar-refractivity contribution in [1.29, 1.82) is 0 Å². The van der Waals surface area contributed by atoms with Gasteiger partial charge in [0, 0.05) is 12.1 Å². The van der Waals surface area contributed by atoms with Crippen LogP contribution in [-0.2, 0) is 16.0 Å². The summed E-state index contributed by atoms with van der Waals surface area (Å²) in [5, 5.41) is 3.34. The van der Waals surface area contributed by atoms with Crippen molar-refractivity contribution in [1.82, 2.24) is 5.32 Å². The molecule has 0 spiro atoms. The summed E-state index contributed by atoms with van der Waals surface area (Å²) < 4.78 is 17.8. The molecule has 1 aromatic carbocycles. The molecule has 0 saturated heterocycles. The maximum absolute atomic E-state index is 12.9. The fraction of sp³-hybridized carbons (Fsp3) is 0.533. The second-order valence-electron chi connectivity index (χ2n) is 4.86. The van der Waals surface area contributed by atoms with Gasteiger partial charge < -0.3 is 10.1 Å². The second kappa shape index (κ2) is 7.89. The molecule has 1 atom stereocenters. The minimum Gasteiger partial charge on any atom is -0.466 e. The molecule has 0 aliphatic heterocycles. The number of nitrogens with one attached hydrogen (secondary N) is 1. The smallest absolute Gasteiger partial charge is 0.307 e. The van der Waals surface area contributed by atoms with Crippen molar-refractivity contribution in [2.75, 3.05) is 6.61 Å². The Balaban J connectivity index is 2.63. The minimum absolute atomic E-state index is 0.00418. The van der Waals surface area contributed by atoms with Crippen LogP contribution in [0.1, 0.15) is 32.8 Å². The van der Waals surface area contributed by atoms with Crippen molar-refractivity contribution < 1.29 is 13.9 Å². The number of carbonyl (C=O) groups is 1. The van der Waals surface area contributed by atoms with Gasteiger partial charge in [0.05, 0.1) is 13.0 Å². The van der Waals surface area contributed by atoms with Crippen LogP contribution in [0, 0.1) is 5.82 Å². The van der Waals surface area contributed by atoms with Crippen LogP contribution in [0.5, 0.6) is 0 Å². The lowest BCUT2D eigenvalue weighted by Gasteiger charge is -2.20. The lowest BCUT2D eigenvalue weighted by atomic mass is 10.0. The summed E-state index contributed by atoms with van der Waals surface area (Å²) in [6, 6.07) is 6.65. The third-order valence-corrected chi connectivity index (χ3v) is 2.68. The molecule has 0 aliphatic rings. The minimum atomic E-state index is -0.248. The van der Waals surface area contributed by atoms with Gasteiger partial charge in [-0.3, -0.25) is 4.79 Å². The van der Waals surface area contributed by atoms with Crippen LogP contribution in [0.15, 0.2) is 24.3 Å². The Morgan fingerprint density at radius 3 is 2.47 bits per heavy atom. The van der Waals surface area contributed by atoms with Gasteiger partial charge in [-0.1, -0.05) is 26.0 Å². The van der Waals surface area contributed by atoms with Gasteiger partial charge in [0.15, 0.2) is 0 Å². The van der Waals surface area contributed by atoms with E-state index in [1.54, 1.807) is 19.1 Å². The van der Waals surface area contributed by atoms with Gasteiger partial charge in [-0.25, -0.2) is 4.39 Å². The zero-order chi connectivity index (χ0) is 14.3. The summed E-state index contributed by atoms with van der Waals surface area (Å²) in [6.45, 7) is 6.25. The van der Waals surface area contributed by atoms with E-state index in [4.69, 9.17) is 4.74 Å². The highest BCUT2D eigenvalue weighted by molar-refractivity contribution is 5.70. The van der Waals surface area contributed by atoms with Gasteiger partial charge in [0.2, 0.25) is 0 Å². The topological polar surface area (TPSA) is 38.3 Å². The van der Waals surface area contributed by atoms with E-state index < -0.39 is 0 Å². The summed E-state index contributed by atoms with van der Waals surface area (Å²) in [4.78, 5) is 11.6. The summed E-state index contributed by atoms with van der Waals surface area (Å²) in [5.74, 6) is -0.453. The standard InChI is InChI=1S/C15H22FNO2/c1-4-19-15(18)10-14(17-11(2)3)9-12-5-7-13(16)8-6-12/h5-8,11,14,17H,4,9-10H2,1-3H3. The van der Waals surface area contributed by atoms with Crippen LogP contribution in [0.3, 0.4) is 0 Å². The number of esters is 1. The van der Waals surface area contributed by atoms with Crippen LogP contribution in [0.2, 0.25) is 0 Å². The molecule has 4 heteroatoms. The Kier molecular flexibility index (Phi) is 6.50. The lowest BCUT2D eigenvalue weighted by molar-refractivity contribution is -0.143. The number of benzene rings is 1. The first kappa shape index (κ1) is 15.6. The highest BCUT2D eigenvalue weighted by Crippen LogP contribution is 2.09. The fourth-order valence-electron chi connectivity index (χ4n) is 1.99. The molecule has 1 aromatic rings. The highest BCUT2D eigenvalue weighted by Gasteiger charge is 2.16. The molecule has 0 saturated carbocycles. The molecular formula is C15H22FNO2. The first-order valence-corrected chi connectivity index (χ1v) is 6.67. The molecule has 0 heterocycles. The zero-order valence-corrected chi connectivity index (χ0v) is 11.8. The molecule has 0 aromatic heterocycles. The van der Waals surface area contributed by atoms with Crippen LogP contribution in [-0.4, -0.2) is 24.7 Å². The highest BCUT2D eigenvalue weighted by atomic mass is 19.1. The maximum atomic E-state index is 12.9. The van der Waals surface area contributed by atoms with E-state index in [-0.39, 0.29) is 23.9 Å². The number of hydrogen-bond donors (Lipinski definition) is 1. The summed E-state index contributed by atoms with van der Waals surface area (Å²) in [5.41, 5.74) is 1.00. The van der Waals surface area contributed by atoms with Crippen molar-refractivity contribution in [3.8, 4) is 0 Å². The van der Waals surface area contributed by atoms with E-state index in [2.05, 4.69) is 5.32 Å². The normalized spacial score (nSPS) is 12.5. The SMILES string of the molecule is CCOC(=O)CC(Cc1ccc(F)cc1)NC(C)C. The molecule has 3 nitrogen and oxygen atoms in total. The second-order valence-corrected chi connectivity index (χ2v) is 4.86. The molecule has 1 unspecified atom stereocenters. The van der Waals surface area contributed by atoms with Gasteiger partial charge >= 0.3 is 5.97 Å². The maximum Gasteiger partial charge on any atom is 0.307 e. The number of ether oxygens (including phenoxy) is 1. The number of hydrogen-bond acceptors (Lipinski definition) is 3. The molecular weight excluding hydrogens is 245 g/mol. The van der Waals surface area contributed by atoms with Crippen molar-refractivity contribution in [3.05, 3.63) is 35.6 Å². The van der Waals surface area contributed by atoms with Gasteiger partial charge in [0.1, 0.15) is 5.82 Å². The zero-order valence-electron chi connectivity index (χ0n) is 11.8. The third-order valence-electron chi connectivity index (χ3n) is 2.68. The average Bonchev–Trinajstić information content (AvgIpc) is 2.31. The molecule has 106 valence electrons.